The van der Waals surface area contributed by atoms with E-state index in [4.69, 9.17) is 4.74 Å². The van der Waals surface area contributed by atoms with E-state index >= 15 is 0 Å². The zero-order chi connectivity index (χ0) is 20.1. The van der Waals surface area contributed by atoms with Crippen LogP contribution in [0.1, 0.15) is 40.5 Å². The summed E-state index contributed by atoms with van der Waals surface area (Å²) in [5, 5.41) is 5.34. The molecule has 1 aliphatic rings. The summed E-state index contributed by atoms with van der Waals surface area (Å²) >= 11 is 1.27. The van der Waals surface area contributed by atoms with Gasteiger partial charge in [0.2, 0.25) is 0 Å². The summed E-state index contributed by atoms with van der Waals surface area (Å²) in [5.41, 5.74) is 1.63. The Labute approximate surface area is 168 Å². The lowest BCUT2D eigenvalue weighted by Crippen LogP contribution is -2.25. The molecule has 146 valence electrons. The molecular formula is C21H22N2O4S. The largest absolute Gasteiger partial charge is 0.468 e. The van der Waals surface area contributed by atoms with E-state index in [9.17, 15) is 14.4 Å². The molecule has 0 saturated heterocycles. The maximum absolute atomic E-state index is 12.7. The molecule has 3 rings (SSSR count). The maximum atomic E-state index is 12.7. The van der Waals surface area contributed by atoms with E-state index in [0.717, 1.165) is 12.8 Å². The van der Waals surface area contributed by atoms with E-state index in [0.29, 0.717) is 27.8 Å². The average Bonchev–Trinajstić information content (AvgIpc) is 3.52. The Kier molecular flexibility index (Phi) is 6.36. The first kappa shape index (κ1) is 19.9. The number of nitrogens with one attached hydrogen (secondary N) is 2. The predicted molar refractivity (Wildman–Crippen MR) is 109 cm³/mol. The Balaban J connectivity index is 1.67. The first-order valence-corrected chi connectivity index (χ1v) is 9.91. The van der Waals surface area contributed by atoms with Crippen LogP contribution in [0.15, 0.2) is 53.4 Å². The summed E-state index contributed by atoms with van der Waals surface area (Å²) in [6.07, 6.45) is 2.07. The number of rotatable bonds is 7. The number of hydrogen-bond donors (Lipinski definition) is 2. The highest BCUT2D eigenvalue weighted by molar-refractivity contribution is 8.00. The number of methoxy groups -OCH3 is 1. The van der Waals surface area contributed by atoms with Gasteiger partial charge in [-0.1, -0.05) is 12.1 Å². The summed E-state index contributed by atoms with van der Waals surface area (Å²) < 4.78 is 4.75. The first-order valence-electron chi connectivity index (χ1n) is 9.03. The molecule has 0 bridgehead atoms. The molecule has 0 heterocycles. The lowest BCUT2D eigenvalue weighted by molar-refractivity contribution is -0.139. The molecule has 2 aromatic carbocycles. The van der Waals surface area contributed by atoms with Crippen molar-refractivity contribution in [2.75, 3.05) is 12.4 Å². The second-order valence-corrected chi connectivity index (χ2v) is 7.94. The minimum absolute atomic E-state index is 0.0982. The van der Waals surface area contributed by atoms with Gasteiger partial charge in [0.1, 0.15) is 5.25 Å². The molecule has 1 aliphatic carbocycles. The molecule has 1 fully saturated rings. The Morgan fingerprint density at radius 2 is 1.71 bits per heavy atom. The highest BCUT2D eigenvalue weighted by Gasteiger charge is 2.24. The topological polar surface area (TPSA) is 84.5 Å². The van der Waals surface area contributed by atoms with Crippen LogP contribution in [0.2, 0.25) is 0 Å². The molecule has 1 unspecified atom stereocenters. The molecule has 0 radical (unpaired) electrons. The molecule has 28 heavy (non-hydrogen) atoms. The van der Waals surface area contributed by atoms with Crippen LogP contribution in [0.3, 0.4) is 0 Å². The van der Waals surface area contributed by atoms with E-state index in [1.54, 1.807) is 49.4 Å². The van der Waals surface area contributed by atoms with Crippen LogP contribution in [-0.4, -0.2) is 36.2 Å². The lowest BCUT2D eigenvalue weighted by atomic mass is 10.1. The van der Waals surface area contributed by atoms with E-state index in [-0.39, 0.29) is 17.8 Å². The Bertz CT molecular complexity index is 878. The van der Waals surface area contributed by atoms with Crippen molar-refractivity contribution in [3.05, 3.63) is 59.7 Å². The van der Waals surface area contributed by atoms with Gasteiger partial charge < -0.3 is 15.4 Å². The molecule has 1 saturated carbocycles. The molecule has 0 aromatic heterocycles. The van der Waals surface area contributed by atoms with Gasteiger partial charge in [0, 0.05) is 22.2 Å². The highest BCUT2D eigenvalue weighted by atomic mass is 32.2. The molecule has 6 nitrogen and oxygen atoms in total. The van der Waals surface area contributed by atoms with E-state index in [2.05, 4.69) is 10.6 Å². The van der Waals surface area contributed by atoms with E-state index in [1.165, 1.54) is 18.9 Å². The molecule has 1 atom stereocenters. The molecule has 2 N–H and O–H groups in total. The van der Waals surface area contributed by atoms with Gasteiger partial charge in [-0.05, 0) is 56.2 Å². The van der Waals surface area contributed by atoms with Gasteiger partial charge in [-0.2, -0.15) is 0 Å². The molecule has 7 heteroatoms. The van der Waals surface area contributed by atoms with Crippen molar-refractivity contribution in [2.24, 2.45) is 0 Å². The second kappa shape index (κ2) is 8.93. The smallest absolute Gasteiger partial charge is 0.318 e. The van der Waals surface area contributed by atoms with Crippen LogP contribution in [0.4, 0.5) is 5.69 Å². The number of anilines is 1. The van der Waals surface area contributed by atoms with Crippen molar-refractivity contribution in [1.29, 1.82) is 0 Å². The van der Waals surface area contributed by atoms with Gasteiger partial charge in [-0.15, -0.1) is 11.8 Å². The van der Waals surface area contributed by atoms with Crippen LogP contribution in [0.25, 0.3) is 0 Å². The van der Waals surface area contributed by atoms with Crippen LogP contribution in [-0.2, 0) is 9.53 Å². The third-order valence-electron chi connectivity index (χ3n) is 4.29. The van der Waals surface area contributed by atoms with Gasteiger partial charge in [-0.3, -0.25) is 14.4 Å². The fraction of sp³-hybridized carbons (Fsp3) is 0.286. The number of hydrogen-bond acceptors (Lipinski definition) is 5. The fourth-order valence-corrected chi connectivity index (χ4v) is 3.58. The number of amides is 2. The number of ether oxygens (including phenoxy) is 1. The van der Waals surface area contributed by atoms with Crippen LogP contribution < -0.4 is 10.6 Å². The van der Waals surface area contributed by atoms with Crippen molar-refractivity contribution >= 4 is 35.2 Å². The van der Waals surface area contributed by atoms with Gasteiger partial charge in [0.25, 0.3) is 11.8 Å². The van der Waals surface area contributed by atoms with Crippen molar-refractivity contribution in [1.82, 2.24) is 5.32 Å². The number of thioether (sulfide) groups is 1. The zero-order valence-electron chi connectivity index (χ0n) is 15.7. The Morgan fingerprint density at radius 1 is 1.04 bits per heavy atom. The third-order valence-corrected chi connectivity index (χ3v) is 5.44. The van der Waals surface area contributed by atoms with E-state index in [1.807, 2.05) is 6.07 Å². The van der Waals surface area contributed by atoms with Crippen molar-refractivity contribution in [3.8, 4) is 0 Å². The van der Waals surface area contributed by atoms with Gasteiger partial charge >= 0.3 is 5.97 Å². The summed E-state index contributed by atoms with van der Waals surface area (Å²) in [6, 6.07) is 14.2. The first-order chi connectivity index (χ1) is 13.5. The number of carbonyl (C=O) groups excluding carboxylic acids is 3. The number of esters is 1. The summed E-state index contributed by atoms with van der Waals surface area (Å²) in [7, 11) is 1.34. The van der Waals surface area contributed by atoms with Gasteiger partial charge in [0.15, 0.2) is 0 Å². The Hall–Kier alpha value is -2.80. The molecule has 2 amide bonds. The standard InChI is InChI=1S/C21H22N2O4S/c1-13(21(26)27-2)28-18-6-4-3-5-17(18)20(25)23-15-9-7-14(8-10-15)19(24)22-16-11-12-16/h3-10,13,16H,11-12H2,1-2H3,(H,22,24)(H,23,25). The summed E-state index contributed by atoms with van der Waals surface area (Å²) in [4.78, 5) is 37.1. The van der Waals surface area contributed by atoms with Crippen molar-refractivity contribution in [2.45, 2.75) is 36.0 Å². The summed E-state index contributed by atoms with van der Waals surface area (Å²) in [6.45, 7) is 1.73. The maximum Gasteiger partial charge on any atom is 0.318 e. The summed E-state index contributed by atoms with van der Waals surface area (Å²) in [5.74, 6) is -0.727. The Morgan fingerprint density at radius 3 is 2.36 bits per heavy atom. The number of benzene rings is 2. The zero-order valence-corrected chi connectivity index (χ0v) is 16.5. The molecule has 0 spiro atoms. The average molecular weight is 398 g/mol. The molecule has 2 aromatic rings. The third kappa shape index (κ3) is 5.13. The lowest BCUT2D eigenvalue weighted by Gasteiger charge is -2.13. The SMILES string of the molecule is COC(=O)C(C)Sc1ccccc1C(=O)Nc1ccc(C(=O)NC2CC2)cc1. The van der Waals surface area contributed by atoms with E-state index < -0.39 is 5.25 Å². The van der Waals surface area contributed by atoms with Gasteiger partial charge in [0.05, 0.1) is 12.7 Å². The fourth-order valence-electron chi connectivity index (χ4n) is 2.56. The number of carbonyl (C=O) groups is 3. The molecule has 0 aliphatic heterocycles. The second-order valence-electron chi connectivity index (χ2n) is 6.56. The normalized spacial score (nSPS) is 14.1. The minimum Gasteiger partial charge on any atom is -0.468 e. The van der Waals surface area contributed by atoms with Crippen molar-refractivity contribution in [3.63, 3.8) is 0 Å². The van der Waals surface area contributed by atoms with Crippen LogP contribution in [0.5, 0.6) is 0 Å². The van der Waals surface area contributed by atoms with Crippen molar-refractivity contribution < 1.29 is 19.1 Å². The van der Waals surface area contributed by atoms with Crippen LogP contribution >= 0.6 is 11.8 Å². The molecular weight excluding hydrogens is 376 g/mol. The highest BCUT2D eigenvalue weighted by Crippen LogP contribution is 2.28. The minimum atomic E-state index is -0.428. The van der Waals surface area contributed by atoms with Gasteiger partial charge in [-0.25, -0.2) is 0 Å². The predicted octanol–water partition coefficient (Wildman–Crippen LogP) is 3.48. The quantitative estimate of drug-likeness (QED) is 0.551. The monoisotopic (exact) mass is 398 g/mol. The van der Waals surface area contributed by atoms with Crippen LogP contribution in [0, 0.1) is 0 Å².